The summed E-state index contributed by atoms with van der Waals surface area (Å²) in [4.78, 5) is 17.8. The second kappa shape index (κ2) is 10.5. The number of nitrogens with zero attached hydrogens (tertiary/aromatic N) is 1. The third-order valence-corrected chi connectivity index (χ3v) is 6.96. The van der Waals surface area contributed by atoms with Crippen LogP contribution in [-0.4, -0.2) is 46.7 Å². The lowest BCUT2D eigenvalue weighted by atomic mass is 9.79. The van der Waals surface area contributed by atoms with Crippen LogP contribution in [0.3, 0.4) is 0 Å². The highest BCUT2D eigenvalue weighted by Gasteiger charge is 2.50. The van der Waals surface area contributed by atoms with Crippen LogP contribution in [0.5, 0.6) is 17.2 Å². The topological polar surface area (TPSA) is 110 Å². The molecule has 0 spiro atoms. The molecule has 1 unspecified atom stereocenters. The minimum atomic E-state index is -3.83. The van der Waals surface area contributed by atoms with Crippen molar-refractivity contribution in [2.45, 2.75) is 44.9 Å². The second-order valence-corrected chi connectivity index (χ2v) is 10.4. The summed E-state index contributed by atoms with van der Waals surface area (Å²) in [5.74, 6) is -4.52. The summed E-state index contributed by atoms with van der Waals surface area (Å²) in [5, 5.41) is 23.2. The lowest BCUT2D eigenvalue weighted by molar-refractivity contribution is -0.286. The van der Waals surface area contributed by atoms with Crippen LogP contribution in [0.4, 0.5) is 19.0 Å². The Labute approximate surface area is 228 Å². The van der Waals surface area contributed by atoms with Crippen molar-refractivity contribution in [1.82, 2.24) is 4.98 Å². The summed E-state index contributed by atoms with van der Waals surface area (Å²) in [6.07, 6.45) is -3.83. The van der Waals surface area contributed by atoms with Gasteiger partial charge in [0.25, 0.3) is 0 Å². The molecule has 0 amide bonds. The summed E-state index contributed by atoms with van der Waals surface area (Å²) < 4.78 is 56.9. The molecular weight excluding hydrogens is 529 g/mol. The van der Waals surface area contributed by atoms with Crippen molar-refractivity contribution in [2.24, 2.45) is 11.8 Å². The van der Waals surface area contributed by atoms with Crippen molar-refractivity contribution in [3.05, 3.63) is 76.7 Å². The molecule has 40 heavy (non-hydrogen) atoms. The molecule has 1 aromatic heterocycles. The number of pyridine rings is 1. The minimum Gasteiger partial charge on any atom is -0.493 e. The molecule has 2 heterocycles. The number of carboxylic acids is 1. The Bertz CT molecular complexity index is 1430. The Morgan fingerprint density at radius 1 is 1.05 bits per heavy atom. The number of aliphatic hydroxyl groups is 1. The van der Waals surface area contributed by atoms with Crippen molar-refractivity contribution in [3.63, 3.8) is 0 Å². The third-order valence-electron chi connectivity index (χ3n) is 6.96. The largest absolute Gasteiger partial charge is 0.586 e. The van der Waals surface area contributed by atoms with E-state index in [-0.39, 0.29) is 42.4 Å². The fourth-order valence-electron chi connectivity index (χ4n) is 5.28. The molecule has 3 aromatic rings. The second-order valence-electron chi connectivity index (χ2n) is 10.4. The van der Waals surface area contributed by atoms with E-state index in [4.69, 9.17) is 9.72 Å². The van der Waals surface area contributed by atoms with Crippen molar-refractivity contribution in [1.29, 1.82) is 0 Å². The predicted molar refractivity (Wildman–Crippen MR) is 139 cm³/mol. The molecule has 11 heteroatoms. The first-order valence-electron chi connectivity index (χ1n) is 12.9. The molecular formula is C29H29F3N2O6. The number of alkyl halides is 2. The number of benzene rings is 2. The molecule has 3 N–H and O–H groups in total. The third kappa shape index (κ3) is 5.25. The molecule has 0 fully saturated rings. The molecule has 8 nitrogen and oxygen atoms in total. The lowest BCUT2D eigenvalue weighted by Crippen LogP contribution is -2.26. The van der Waals surface area contributed by atoms with Crippen molar-refractivity contribution in [3.8, 4) is 17.2 Å². The van der Waals surface area contributed by atoms with Crippen LogP contribution >= 0.6 is 0 Å². The molecule has 5 rings (SSSR count). The Balaban J connectivity index is 1.67. The molecule has 2 aliphatic rings. The normalized spacial score (nSPS) is 21.2. The monoisotopic (exact) mass is 558 g/mol. The Morgan fingerprint density at radius 3 is 2.48 bits per heavy atom. The van der Waals surface area contributed by atoms with E-state index in [0.717, 1.165) is 0 Å². The van der Waals surface area contributed by atoms with Crippen molar-refractivity contribution < 1.29 is 42.4 Å². The van der Waals surface area contributed by atoms with E-state index in [0.29, 0.717) is 28.2 Å². The Morgan fingerprint density at radius 2 is 1.77 bits per heavy atom. The highest BCUT2D eigenvalue weighted by atomic mass is 19.3. The highest BCUT2D eigenvalue weighted by molar-refractivity contribution is 5.78. The van der Waals surface area contributed by atoms with Crippen LogP contribution in [0, 0.1) is 17.7 Å². The maximum absolute atomic E-state index is 14.4. The number of hydrogen-bond donors (Lipinski definition) is 3. The summed E-state index contributed by atoms with van der Waals surface area (Å²) in [6.45, 7) is 5.56. The maximum atomic E-state index is 14.4. The Hall–Kier alpha value is -3.99. The summed E-state index contributed by atoms with van der Waals surface area (Å²) >= 11 is 0. The number of fused-ring (bicyclic) bond motifs is 2. The van der Waals surface area contributed by atoms with Gasteiger partial charge < -0.3 is 29.7 Å². The number of aliphatic carboxylic acids is 1. The molecule has 212 valence electrons. The van der Waals surface area contributed by atoms with Gasteiger partial charge in [-0.15, -0.1) is 8.78 Å². The number of hydrogen-bond acceptors (Lipinski definition) is 7. The fourth-order valence-corrected chi connectivity index (χ4v) is 5.28. The quantitative estimate of drug-likeness (QED) is 0.323. The summed E-state index contributed by atoms with van der Waals surface area (Å²) in [6, 6.07) is 11.6. The lowest BCUT2D eigenvalue weighted by Gasteiger charge is -2.24. The number of ether oxygens (including phenoxy) is 3. The number of anilines is 1. The minimum absolute atomic E-state index is 0.0386. The van der Waals surface area contributed by atoms with Gasteiger partial charge in [0, 0.05) is 42.0 Å². The molecule has 1 aliphatic carbocycles. The highest BCUT2D eigenvalue weighted by Crippen LogP contribution is 2.55. The molecule has 0 bridgehead atoms. The van der Waals surface area contributed by atoms with Gasteiger partial charge in [0.2, 0.25) is 0 Å². The maximum Gasteiger partial charge on any atom is 0.586 e. The number of aromatic nitrogens is 1. The van der Waals surface area contributed by atoms with E-state index in [9.17, 15) is 28.2 Å². The number of nitrogens with one attached hydrogen (secondary N) is 1. The molecule has 0 radical (unpaired) electrons. The van der Waals surface area contributed by atoms with Crippen LogP contribution in [0.15, 0.2) is 48.5 Å². The van der Waals surface area contributed by atoms with Crippen LogP contribution in [0.1, 0.15) is 55.0 Å². The van der Waals surface area contributed by atoms with E-state index in [1.165, 1.54) is 36.4 Å². The van der Waals surface area contributed by atoms with E-state index in [1.807, 2.05) is 13.8 Å². The number of aliphatic hydroxyl groups excluding tert-OH is 1. The molecule has 0 saturated heterocycles. The standard InChI is InChI=1S/C29H29F3N2O6/c1-14(2)33-23-9-7-19-24(16-4-8-20-22(10-16)40-29(31,32)39-20)26(28(36)37)25(27(19)34-23)18-6-5-17(30)11-21(18)38-13-15(3)12-35/h4-11,14-15,24-26,35H,12-13H2,1-3H3,(H,33,34)(H,36,37)/t15?,24-,25-,26+/m0/s1. The summed E-state index contributed by atoms with van der Waals surface area (Å²) in [7, 11) is 0. The van der Waals surface area contributed by atoms with Gasteiger partial charge in [-0.25, -0.2) is 9.37 Å². The molecule has 2 aromatic carbocycles. The zero-order chi connectivity index (χ0) is 28.8. The van der Waals surface area contributed by atoms with Gasteiger partial charge >= 0.3 is 12.3 Å². The zero-order valence-corrected chi connectivity index (χ0v) is 22.0. The van der Waals surface area contributed by atoms with Gasteiger partial charge in [0.15, 0.2) is 11.5 Å². The van der Waals surface area contributed by atoms with Crippen LogP contribution in [0.2, 0.25) is 0 Å². The van der Waals surface area contributed by atoms with Crippen LogP contribution < -0.4 is 19.5 Å². The number of rotatable bonds is 9. The van der Waals surface area contributed by atoms with Crippen molar-refractivity contribution >= 4 is 11.8 Å². The van der Waals surface area contributed by atoms with E-state index < -0.39 is 35.8 Å². The first-order valence-corrected chi connectivity index (χ1v) is 12.9. The smallest absolute Gasteiger partial charge is 0.493 e. The average Bonchev–Trinajstić information content (AvgIpc) is 3.39. The van der Waals surface area contributed by atoms with Gasteiger partial charge in [-0.1, -0.05) is 25.1 Å². The van der Waals surface area contributed by atoms with E-state index in [1.54, 1.807) is 19.1 Å². The van der Waals surface area contributed by atoms with Crippen LogP contribution in [-0.2, 0) is 4.79 Å². The van der Waals surface area contributed by atoms with Gasteiger partial charge in [-0.2, -0.15) is 0 Å². The first kappa shape index (κ1) is 27.6. The van der Waals surface area contributed by atoms with Gasteiger partial charge in [0.05, 0.1) is 18.2 Å². The van der Waals surface area contributed by atoms with E-state index >= 15 is 0 Å². The predicted octanol–water partition coefficient (Wildman–Crippen LogP) is 5.35. The van der Waals surface area contributed by atoms with Gasteiger partial charge in [-0.3, -0.25) is 4.79 Å². The van der Waals surface area contributed by atoms with Gasteiger partial charge in [-0.05, 0) is 49.2 Å². The average molecular weight is 559 g/mol. The van der Waals surface area contributed by atoms with Crippen LogP contribution in [0.25, 0.3) is 0 Å². The van der Waals surface area contributed by atoms with Crippen molar-refractivity contribution in [2.75, 3.05) is 18.5 Å². The first-order chi connectivity index (χ1) is 19.0. The summed E-state index contributed by atoms with van der Waals surface area (Å²) in [5.41, 5.74) is 1.85. The number of carbonyl (C=O) groups is 1. The number of halogens is 3. The Kier molecular flexibility index (Phi) is 7.26. The zero-order valence-electron chi connectivity index (χ0n) is 22.0. The number of carboxylic acid groups (broad SMARTS) is 1. The molecule has 4 atom stereocenters. The molecule has 0 saturated carbocycles. The fraction of sp³-hybridized carbons (Fsp3) is 0.379. The van der Waals surface area contributed by atoms with E-state index in [2.05, 4.69) is 14.8 Å². The van der Waals surface area contributed by atoms with Gasteiger partial charge in [0.1, 0.15) is 17.4 Å². The SMILES string of the molecule is CC(CO)COc1cc(F)ccc1[C@@H]1c2nc(NC(C)C)ccc2[C@H](c2ccc3c(c2)OC(F)(F)O3)[C@H]1C(=O)O. The molecule has 1 aliphatic heterocycles.